The fourth-order valence-electron chi connectivity index (χ4n) is 1.76. The molecular formula is C12H19ClO2. The topological polar surface area (TPSA) is 26.3 Å². The van der Waals surface area contributed by atoms with Gasteiger partial charge >= 0.3 is 5.97 Å². The van der Waals surface area contributed by atoms with Crippen molar-refractivity contribution in [1.29, 1.82) is 0 Å². The molecule has 1 unspecified atom stereocenters. The molecule has 1 heterocycles. The van der Waals surface area contributed by atoms with E-state index in [0.717, 1.165) is 25.7 Å². The molecule has 0 saturated heterocycles. The molecule has 0 spiro atoms. The van der Waals surface area contributed by atoms with E-state index in [4.69, 9.17) is 16.3 Å². The molecule has 0 aromatic carbocycles. The summed E-state index contributed by atoms with van der Waals surface area (Å²) in [7, 11) is 0. The molecule has 0 saturated carbocycles. The standard InChI is InChI=1S/C12H19ClO2/c1-3-5-6-7-8-9-11(13)10(4-2)15-12(9)14/h10H,3-8H2,1-2H3. The predicted octanol–water partition coefficient (Wildman–Crippen LogP) is 3.79. The average Bonchev–Trinajstić information content (AvgIpc) is 2.50. The van der Waals surface area contributed by atoms with E-state index in [1.54, 1.807) is 0 Å². The number of ether oxygens (including phenoxy) is 1. The molecule has 1 rings (SSSR count). The first kappa shape index (κ1) is 12.6. The molecular weight excluding hydrogens is 212 g/mol. The Balaban J connectivity index is 2.45. The molecule has 1 atom stereocenters. The Hall–Kier alpha value is -0.500. The third-order valence-corrected chi connectivity index (χ3v) is 3.19. The van der Waals surface area contributed by atoms with Crippen LogP contribution < -0.4 is 0 Å². The number of esters is 1. The van der Waals surface area contributed by atoms with E-state index in [0.29, 0.717) is 10.6 Å². The maximum atomic E-state index is 11.5. The zero-order valence-electron chi connectivity index (χ0n) is 9.51. The molecule has 1 aliphatic heterocycles. The third kappa shape index (κ3) is 3.23. The van der Waals surface area contributed by atoms with E-state index in [-0.39, 0.29) is 12.1 Å². The Bertz CT molecular complexity index is 258. The van der Waals surface area contributed by atoms with Crippen LogP contribution in [0, 0.1) is 0 Å². The normalized spacial score (nSPS) is 21.0. The van der Waals surface area contributed by atoms with Crippen LogP contribution in [0.25, 0.3) is 0 Å². The second kappa shape index (κ2) is 6.16. The van der Waals surface area contributed by atoms with Crippen molar-refractivity contribution in [3.8, 4) is 0 Å². The van der Waals surface area contributed by atoms with E-state index in [1.165, 1.54) is 12.8 Å². The van der Waals surface area contributed by atoms with Gasteiger partial charge in [0.2, 0.25) is 0 Å². The molecule has 15 heavy (non-hydrogen) atoms. The summed E-state index contributed by atoms with van der Waals surface area (Å²) in [4.78, 5) is 11.5. The Morgan fingerprint density at radius 3 is 2.53 bits per heavy atom. The smallest absolute Gasteiger partial charge is 0.335 e. The monoisotopic (exact) mass is 230 g/mol. The van der Waals surface area contributed by atoms with Gasteiger partial charge in [0.25, 0.3) is 0 Å². The highest BCUT2D eigenvalue weighted by Gasteiger charge is 2.30. The summed E-state index contributed by atoms with van der Waals surface area (Å²) in [6.07, 6.45) is 5.97. The highest BCUT2D eigenvalue weighted by atomic mass is 35.5. The van der Waals surface area contributed by atoms with Gasteiger partial charge in [0, 0.05) is 0 Å². The summed E-state index contributed by atoms with van der Waals surface area (Å²) < 4.78 is 5.15. The number of halogens is 1. The fraction of sp³-hybridized carbons (Fsp3) is 0.750. The van der Waals surface area contributed by atoms with Crippen molar-refractivity contribution >= 4 is 17.6 Å². The van der Waals surface area contributed by atoms with Crippen molar-refractivity contribution in [1.82, 2.24) is 0 Å². The largest absolute Gasteiger partial charge is 0.453 e. The lowest BCUT2D eigenvalue weighted by Crippen LogP contribution is -2.07. The van der Waals surface area contributed by atoms with E-state index in [1.807, 2.05) is 6.92 Å². The molecule has 2 nitrogen and oxygen atoms in total. The van der Waals surface area contributed by atoms with Crippen LogP contribution >= 0.6 is 11.6 Å². The van der Waals surface area contributed by atoms with Gasteiger partial charge in [-0.05, 0) is 19.3 Å². The number of carbonyl (C=O) groups excluding carboxylic acids is 1. The first-order chi connectivity index (χ1) is 7.20. The Labute approximate surface area is 96.6 Å². The molecule has 3 heteroatoms. The van der Waals surface area contributed by atoms with Crippen molar-refractivity contribution in [2.24, 2.45) is 0 Å². The van der Waals surface area contributed by atoms with Gasteiger partial charge in [-0.3, -0.25) is 0 Å². The van der Waals surface area contributed by atoms with Crippen LogP contribution in [0.3, 0.4) is 0 Å². The molecule has 1 aliphatic rings. The second-order valence-electron chi connectivity index (χ2n) is 3.94. The average molecular weight is 231 g/mol. The third-order valence-electron chi connectivity index (χ3n) is 2.72. The van der Waals surface area contributed by atoms with E-state index < -0.39 is 0 Å². The molecule has 0 aliphatic carbocycles. The van der Waals surface area contributed by atoms with Crippen LogP contribution in [0.2, 0.25) is 0 Å². The summed E-state index contributed by atoms with van der Waals surface area (Å²) in [5, 5.41) is 0.638. The second-order valence-corrected chi connectivity index (χ2v) is 4.35. The van der Waals surface area contributed by atoms with E-state index in [9.17, 15) is 4.79 Å². The first-order valence-corrected chi connectivity index (χ1v) is 6.18. The number of cyclic esters (lactones) is 1. The van der Waals surface area contributed by atoms with Crippen molar-refractivity contribution in [3.63, 3.8) is 0 Å². The summed E-state index contributed by atoms with van der Waals surface area (Å²) >= 11 is 6.09. The van der Waals surface area contributed by atoms with Crippen LogP contribution in [-0.4, -0.2) is 12.1 Å². The van der Waals surface area contributed by atoms with Crippen LogP contribution in [0.15, 0.2) is 10.6 Å². The maximum Gasteiger partial charge on any atom is 0.335 e. The zero-order chi connectivity index (χ0) is 11.3. The predicted molar refractivity (Wildman–Crippen MR) is 61.8 cm³/mol. The Morgan fingerprint density at radius 2 is 2.00 bits per heavy atom. The number of unbranched alkanes of at least 4 members (excludes halogenated alkanes) is 3. The first-order valence-electron chi connectivity index (χ1n) is 5.80. The van der Waals surface area contributed by atoms with Crippen LogP contribution in [0.4, 0.5) is 0 Å². The van der Waals surface area contributed by atoms with Crippen molar-refractivity contribution in [2.45, 2.75) is 58.5 Å². The minimum absolute atomic E-state index is 0.180. The van der Waals surface area contributed by atoms with Gasteiger partial charge in [-0.1, -0.05) is 44.7 Å². The highest BCUT2D eigenvalue weighted by molar-refractivity contribution is 6.33. The van der Waals surface area contributed by atoms with Crippen LogP contribution in [0.5, 0.6) is 0 Å². The van der Waals surface area contributed by atoms with Crippen molar-refractivity contribution < 1.29 is 9.53 Å². The van der Waals surface area contributed by atoms with Gasteiger partial charge < -0.3 is 4.74 Å². The van der Waals surface area contributed by atoms with Gasteiger partial charge in [0.05, 0.1) is 10.6 Å². The molecule has 0 aromatic heterocycles. The molecule has 0 aromatic rings. The van der Waals surface area contributed by atoms with Gasteiger partial charge in [-0.25, -0.2) is 4.79 Å². The molecule has 86 valence electrons. The SMILES string of the molecule is CCCCCCC1=C(Cl)C(CC)OC1=O. The van der Waals surface area contributed by atoms with Crippen LogP contribution in [0.1, 0.15) is 52.4 Å². The summed E-state index contributed by atoms with van der Waals surface area (Å²) in [6.45, 7) is 4.14. The number of rotatable bonds is 6. The lowest BCUT2D eigenvalue weighted by molar-refractivity contribution is -0.139. The quantitative estimate of drug-likeness (QED) is 0.513. The number of carbonyl (C=O) groups is 1. The molecule has 0 radical (unpaired) electrons. The van der Waals surface area contributed by atoms with Gasteiger partial charge in [-0.15, -0.1) is 0 Å². The highest BCUT2D eigenvalue weighted by Crippen LogP contribution is 2.31. The summed E-state index contributed by atoms with van der Waals surface area (Å²) in [5.74, 6) is -0.205. The Morgan fingerprint density at radius 1 is 1.27 bits per heavy atom. The number of hydrogen-bond acceptors (Lipinski definition) is 2. The van der Waals surface area contributed by atoms with Gasteiger partial charge in [0.15, 0.2) is 0 Å². The number of hydrogen-bond donors (Lipinski definition) is 0. The Kier molecular flexibility index (Phi) is 5.16. The summed E-state index contributed by atoms with van der Waals surface area (Å²) in [6, 6.07) is 0. The van der Waals surface area contributed by atoms with Crippen LogP contribution in [-0.2, 0) is 9.53 Å². The van der Waals surface area contributed by atoms with E-state index >= 15 is 0 Å². The summed E-state index contributed by atoms with van der Waals surface area (Å²) in [5.41, 5.74) is 0.708. The minimum Gasteiger partial charge on any atom is -0.453 e. The van der Waals surface area contributed by atoms with Crippen molar-refractivity contribution in [3.05, 3.63) is 10.6 Å². The molecule has 0 bridgehead atoms. The molecule has 0 N–H and O–H groups in total. The maximum absolute atomic E-state index is 11.5. The molecule has 0 amide bonds. The fourth-order valence-corrected chi connectivity index (χ4v) is 2.13. The zero-order valence-corrected chi connectivity index (χ0v) is 10.3. The lowest BCUT2D eigenvalue weighted by atomic mass is 10.1. The minimum atomic E-state index is -0.205. The van der Waals surface area contributed by atoms with Crippen molar-refractivity contribution in [2.75, 3.05) is 0 Å². The van der Waals surface area contributed by atoms with Gasteiger partial charge in [-0.2, -0.15) is 0 Å². The molecule has 0 fully saturated rings. The lowest BCUT2D eigenvalue weighted by Gasteiger charge is -2.04. The van der Waals surface area contributed by atoms with E-state index in [2.05, 4.69) is 6.92 Å². The van der Waals surface area contributed by atoms with Gasteiger partial charge in [0.1, 0.15) is 6.10 Å².